The van der Waals surface area contributed by atoms with Crippen LogP contribution in [0.1, 0.15) is 40.2 Å². The van der Waals surface area contributed by atoms with Gasteiger partial charge in [-0.15, -0.1) is 0 Å². The maximum absolute atomic E-state index is 12.4. The van der Waals surface area contributed by atoms with Gasteiger partial charge in [0.1, 0.15) is 0 Å². The van der Waals surface area contributed by atoms with Crippen LogP contribution in [0.4, 0.5) is 0 Å². The molecule has 0 saturated heterocycles. The number of carbonyl (C=O) groups excluding carboxylic acids is 2. The molecule has 0 aliphatic carbocycles. The van der Waals surface area contributed by atoms with Crippen LogP contribution in [0.3, 0.4) is 0 Å². The van der Waals surface area contributed by atoms with Crippen LogP contribution in [0.5, 0.6) is 0 Å². The molecular formula is C19H28N2O5S. The molecular weight excluding hydrogens is 368 g/mol. The number of sulfonamides is 1. The number of esters is 1. The first-order valence-corrected chi connectivity index (χ1v) is 10.2. The van der Waals surface area contributed by atoms with E-state index in [0.29, 0.717) is 18.7 Å². The highest BCUT2D eigenvalue weighted by Gasteiger charge is 2.21. The molecule has 0 aliphatic heterocycles. The monoisotopic (exact) mass is 396 g/mol. The number of hydrogen-bond donors (Lipinski definition) is 1. The Morgan fingerprint density at radius 1 is 1.11 bits per heavy atom. The van der Waals surface area contributed by atoms with Crippen LogP contribution in [0.15, 0.2) is 35.2 Å². The quantitative estimate of drug-likeness (QED) is 0.537. The minimum absolute atomic E-state index is 0.199. The van der Waals surface area contributed by atoms with Crippen LogP contribution in [0.2, 0.25) is 0 Å². The van der Waals surface area contributed by atoms with Gasteiger partial charge in [0, 0.05) is 24.7 Å². The standard InChI is InChI=1S/C19H28N2O5S/c1-6-21(7-2)27(24,25)16-11-8-15(9-12-16)10-13-18(23)26-14-17(22)20-19(3,4)5/h8-13H,6-7,14H2,1-5H3,(H,20,22)/b13-10+. The van der Waals surface area contributed by atoms with Crippen molar-refractivity contribution in [2.75, 3.05) is 19.7 Å². The summed E-state index contributed by atoms with van der Waals surface area (Å²) >= 11 is 0. The number of carbonyl (C=O) groups is 2. The van der Waals surface area contributed by atoms with Crippen LogP contribution < -0.4 is 5.32 Å². The molecule has 27 heavy (non-hydrogen) atoms. The number of rotatable bonds is 8. The molecule has 0 unspecified atom stereocenters. The van der Waals surface area contributed by atoms with Gasteiger partial charge in [-0.2, -0.15) is 4.31 Å². The zero-order valence-electron chi connectivity index (χ0n) is 16.5. The van der Waals surface area contributed by atoms with Crippen molar-refractivity contribution in [2.24, 2.45) is 0 Å². The van der Waals surface area contributed by atoms with Crippen molar-refractivity contribution >= 4 is 28.0 Å². The van der Waals surface area contributed by atoms with Gasteiger partial charge >= 0.3 is 5.97 Å². The lowest BCUT2D eigenvalue weighted by Crippen LogP contribution is -2.42. The molecule has 0 bridgehead atoms. The lowest BCUT2D eigenvalue weighted by Gasteiger charge is -2.20. The molecule has 0 aromatic heterocycles. The van der Waals surface area contributed by atoms with E-state index in [-0.39, 0.29) is 17.4 Å². The maximum Gasteiger partial charge on any atom is 0.331 e. The summed E-state index contributed by atoms with van der Waals surface area (Å²) in [5, 5.41) is 2.69. The number of amides is 1. The van der Waals surface area contributed by atoms with E-state index in [2.05, 4.69) is 5.32 Å². The van der Waals surface area contributed by atoms with E-state index in [4.69, 9.17) is 4.74 Å². The van der Waals surface area contributed by atoms with Gasteiger partial charge in [-0.25, -0.2) is 13.2 Å². The molecule has 1 rings (SSSR count). The van der Waals surface area contributed by atoms with Crippen molar-refractivity contribution in [1.29, 1.82) is 0 Å². The molecule has 1 aromatic rings. The van der Waals surface area contributed by atoms with Crippen molar-refractivity contribution in [3.63, 3.8) is 0 Å². The van der Waals surface area contributed by atoms with E-state index >= 15 is 0 Å². The summed E-state index contributed by atoms with van der Waals surface area (Å²) in [6, 6.07) is 6.20. The Hall–Kier alpha value is -2.19. The molecule has 0 radical (unpaired) electrons. The summed E-state index contributed by atoms with van der Waals surface area (Å²) in [6.45, 7) is 9.49. The maximum atomic E-state index is 12.4. The largest absolute Gasteiger partial charge is 0.452 e. The zero-order valence-corrected chi connectivity index (χ0v) is 17.3. The van der Waals surface area contributed by atoms with Crippen molar-refractivity contribution in [3.8, 4) is 0 Å². The van der Waals surface area contributed by atoms with E-state index in [1.807, 2.05) is 20.8 Å². The number of ether oxygens (including phenoxy) is 1. The molecule has 0 aliphatic rings. The topological polar surface area (TPSA) is 92.8 Å². The number of nitrogens with zero attached hydrogens (tertiary/aromatic N) is 1. The Labute approximate surface area is 161 Å². The van der Waals surface area contributed by atoms with Crippen LogP contribution in [-0.4, -0.2) is 49.8 Å². The van der Waals surface area contributed by atoms with Gasteiger partial charge in [0.25, 0.3) is 5.91 Å². The van der Waals surface area contributed by atoms with Crippen LogP contribution in [-0.2, 0) is 24.3 Å². The van der Waals surface area contributed by atoms with Gasteiger partial charge in [0.2, 0.25) is 10.0 Å². The Morgan fingerprint density at radius 2 is 1.67 bits per heavy atom. The second-order valence-corrected chi connectivity index (χ2v) is 8.84. The summed E-state index contributed by atoms with van der Waals surface area (Å²) in [4.78, 5) is 23.5. The average Bonchev–Trinajstić information content (AvgIpc) is 2.58. The first-order valence-electron chi connectivity index (χ1n) is 8.75. The van der Waals surface area contributed by atoms with Gasteiger partial charge < -0.3 is 10.1 Å². The Morgan fingerprint density at radius 3 is 2.15 bits per heavy atom. The molecule has 0 atom stereocenters. The lowest BCUT2D eigenvalue weighted by atomic mass is 10.1. The fraction of sp³-hybridized carbons (Fsp3) is 0.474. The number of nitrogens with one attached hydrogen (secondary N) is 1. The first-order chi connectivity index (χ1) is 12.5. The Kier molecular flexibility index (Phi) is 8.18. The summed E-state index contributed by atoms with van der Waals surface area (Å²) in [5.41, 5.74) is 0.247. The molecule has 0 saturated carbocycles. The minimum Gasteiger partial charge on any atom is -0.452 e. The molecule has 150 valence electrons. The lowest BCUT2D eigenvalue weighted by molar-refractivity contribution is -0.144. The SMILES string of the molecule is CCN(CC)S(=O)(=O)c1ccc(/C=C/C(=O)OCC(=O)NC(C)(C)C)cc1. The Bertz CT molecular complexity index is 773. The van der Waals surface area contributed by atoms with Gasteiger partial charge in [-0.1, -0.05) is 26.0 Å². The normalized spacial score (nSPS) is 12.4. The molecule has 0 heterocycles. The third-order valence-corrected chi connectivity index (χ3v) is 5.56. The highest BCUT2D eigenvalue weighted by molar-refractivity contribution is 7.89. The molecule has 1 amide bonds. The van der Waals surface area contributed by atoms with Gasteiger partial charge in [-0.3, -0.25) is 4.79 Å². The highest BCUT2D eigenvalue weighted by Crippen LogP contribution is 2.16. The average molecular weight is 397 g/mol. The van der Waals surface area contributed by atoms with Crippen molar-refractivity contribution in [2.45, 2.75) is 45.1 Å². The van der Waals surface area contributed by atoms with E-state index in [9.17, 15) is 18.0 Å². The predicted molar refractivity (Wildman–Crippen MR) is 104 cm³/mol. The summed E-state index contributed by atoms with van der Waals surface area (Å²) in [6.07, 6.45) is 2.69. The third kappa shape index (κ3) is 7.52. The highest BCUT2D eigenvalue weighted by atomic mass is 32.2. The predicted octanol–water partition coefficient (Wildman–Crippen LogP) is 2.19. The van der Waals surface area contributed by atoms with Crippen molar-refractivity contribution in [3.05, 3.63) is 35.9 Å². The van der Waals surface area contributed by atoms with Crippen LogP contribution in [0.25, 0.3) is 6.08 Å². The fourth-order valence-corrected chi connectivity index (χ4v) is 3.72. The minimum atomic E-state index is -3.51. The van der Waals surface area contributed by atoms with E-state index in [1.54, 1.807) is 26.0 Å². The van der Waals surface area contributed by atoms with Crippen LogP contribution in [0, 0.1) is 0 Å². The smallest absolute Gasteiger partial charge is 0.331 e. The van der Waals surface area contributed by atoms with Gasteiger partial charge in [-0.05, 0) is 44.5 Å². The zero-order chi connectivity index (χ0) is 20.7. The molecule has 1 aromatic carbocycles. The number of hydrogen-bond acceptors (Lipinski definition) is 5. The fourth-order valence-electron chi connectivity index (χ4n) is 2.27. The van der Waals surface area contributed by atoms with Crippen LogP contribution >= 0.6 is 0 Å². The number of benzene rings is 1. The van der Waals surface area contributed by atoms with Gasteiger partial charge in [0.05, 0.1) is 4.90 Å². The molecule has 7 nitrogen and oxygen atoms in total. The summed E-state index contributed by atoms with van der Waals surface area (Å²) < 4.78 is 31.1. The Balaban J connectivity index is 2.67. The van der Waals surface area contributed by atoms with Gasteiger partial charge in [0.15, 0.2) is 6.61 Å². The summed E-state index contributed by atoms with van der Waals surface area (Å²) in [5.74, 6) is -1.03. The molecule has 1 N–H and O–H groups in total. The second kappa shape index (κ2) is 9.66. The molecule has 0 spiro atoms. The molecule has 0 fully saturated rings. The third-order valence-electron chi connectivity index (χ3n) is 3.50. The van der Waals surface area contributed by atoms with E-state index in [1.165, 1.54) is 28.6 Å². The second-order valence-electron chi connectivity index (χ2n) is 6.90. The molecule has 8 heteroatoms. The summed E-state index contributed by atoms with van der Waals surface area (Å²) in [7, 11) is -3.51. The van der Waals surface area contributed by atoms with Crippen molar-refractivity contribution in [1.82, 2.24) is 9.62 Å². The van der Waals surface area contributed by atoms with Crippen molar-refractivity contribution < 1.29 is 22.7 Å². The van der Waals surface area contributed by atoms with E-state index < -0.39 is 21.5 Å². The van der Waals surface area contributed by atoms with E-state index in [0.717, 1.165) is 0 Å². The first kappa shape index (κ1) is 22.9.